The molecule has 0 saturated heterocycles. The summed E-state index contributed by atoms with van der Waals surface area (Å²) in [5, 5.41) is 0. The largest absolute Gasteiger partial charge is 0.362 e. The van der Waals surface area contributed by atoms with Crippen LogP contribution in [0.2, 0.25) is 0 Å². The van der Waals surface area contributed by atoms with Gasteiger partial charge in [-0.25, -0.2) is 35.1 Å². The fourth-order valence-electron chi connectivity index (χ4n) is 1.29. The van der Waals surface area contributed by atoms with Crippen LogP contribution >= 0.6 is 0 Å². The molecule has 0 heterocycles. The molecule has 0 radical (unpaired) electrons. The average Bonchev–Trinajstić information content (AvgIpc) is 2.10. The molecular weight excluding hydrogens is 288 g/mol. The van der Waals surface area contributed by atoms with Gasteiger partial charge in [-0.2, -0.15) is 0 Å². The van der Waals surface area contributed by atoms with E-state index in [4.69, 9.17) is 0 Å². The zero-order chi connectivity index (χ0) is 15.4. The maximum absolute atomic E-state index is 12.9. The third-order valence-corrected chi connectivity index (χ3v) is 2.24. The molecule has 19 heavy (non-hydrogen) atoms. The Balaban J connectivity index is 4.93. The molecule has 2 atom stereocenters. The van der Waals surface area contributed by atoms with Gasteiger partial charge in [0.05, 0.1) is 0 Å². The van der Waals surface area contributed by atoms with Gasteiger partial charge in [0.1, 0.15) is 12.2 Å². The Labute approximate surface area is 104 Å². The highest BCUT2D eigenvalue weighted by Crippen LogP contribution is 2.32. The van der Waals surface area contributed by atoms with E-state index in [-0.39, 0.29) is 13.8 Å². The van der Waals surface area contributed by atoms with E-state index in [1.807, 2.05) is 0 Å². The van der Waals surface area contributed by atoms with Crippen molar-refractivity contribution in [2.24, 2.45) is 0 Å². The van der Waals surface area contributed by atoms with Crippen LogP contribution in [0.1, 0.15) is 26.7 Å². The first-order chi connectivity index (χ1) is 8.34. The fraction of sp³-hybridized carbons (Fsp3) is 1.00. The van der Waals surface area contributed by atoms with Crippen LogP contribution in [0, 0.1) is 0 Å². The first-order valence-corrected chi connectivity index (χ1v) is 5.31. The van der Waals surface area contributed by atoms with E-state index in [0.717, 1.165) is 0 Å². The molecule has 0 saturated carbocycles. The van der Waals surface area contributed by atoms with E-state index in [2.05, 4.69) is 4.74 Å². The van der Waals surface area contributed by atoms with Gasteiger partial charge in [-0.3, -0.25) is 0 Å². The summed E-state index contributed by atoms with van der Waals surface area (Å²) in [7, 11) is 0. The van der Waals surface area contributed by atoms with Crippen molar-refractivity contribution >= 4 is 0 Å². The molecule has 0 aromatic heterocycles. The highest BCUT2D eigenvalue weighted by molar-refractivity contribution is 4.81. The second-order valence-corrected chi connectivity index (χ2v) is 4.28. The van der Waals surface area contributed by atoms with Crippen LogP contribution < -0.4 is 0 Å². The van der Waals surface area contributed by atoms with Crippen LogP contribution in [0.15, 0.2) is 0 Å². The van der Waals surface area contributed by atoms with Crippen LogP contribution in [0.5, 0.6) is 0 Å². The molecular formula is C10H14F8O. The van der Waals surface area contributed by atoms with Crippen molar-refractivity contribution in [1.82, 2.24) is 0 Å². The van der Waals surface area contributed by atoms with Crippen molar-refractivity contribution in [3.8, 4) is 0 Å². The first kappa shape index (κ1) is 18.4. The third-order valence-electron chi connectivity index (χ3n) is 2.24. The predicted molar refractivity (Wildman–Crippen MR) is 51.1 cm³/mol. The Morgan fingerprint density at radius 2 is 1.00 bits per heavy atom. The predicted octanol–water partition coefficient (Wildman–Crippen LogP) is 4.36. The monoisotopic (exact) mass is 302 g/mol. The second-order valence-electron chi connectivity index (χ2n) is 4.28. The number of rotatable bonds is 8. The molecule has 0 N–H and O–H groups in total. The number of ether oxygens (including phenoxy) is 1. The minimum Gasteiger partial charge on any atom is -0.362 e. The van der Waals surface area contributed by atoms with Crippen LogP contribution in [-0.4, -0.2) is 36.9 Å². The molecule has 0 amide bonds. The lowest BCUT2D eigenvalue weighted by molar-refractivity contribution is -0.219. The molecule has 0 aliphatic carbocycles. The maximum Gasteiger partial charge on any atom is 0.271 e. The molecule has 0 aliphatic heterocycles. The van der Waals surface area contributed by atoms with Crippen molar-refractivity contribution in [1.29, 1.82) is 0 Å². The standard InChI is InChI=1S/C10H14F8O/c1-9(15,16)5(3-7(11)12)19-6(4-8(13)14)10(2,17)18/h5-8H,3-4H2,1-2H3. The van der Waals surface area contributed by atoms with Crippen molar-refractivity contribution in [2.45, 2.75) is 63.6 Å². The van der Waals surface area contributed by atoms with Gasteiger partial charge in [-0.15, -0.1) is 0 Å². The van der Waals surface area contributed by atoms with Gasteiger partial charge in [0.2, 0.25) is 12.9 Å². The summed E-state index contributed by atoms with van der Waals surface area (Å²) in [6.45, 7) is 0.403. The van der Waals surface area contributed by atoms with Gasteiger partial charge < -0.3 is 4.74 Å². The zero-order valence-corrected chi connectivity index (χ0v) is 10.2. The second kappa shape index (κ2) is 6.71. The molecule has 0 aromatic rings. The van der Waals surface area contributed by atoms with Gasteiger partial charge >= 0.3 is 0 Å². The van der Waals surface area contributed by atoms with Gasteiger partial charge in [0, 0.05) is 26.7 Å². The topological polar surface area (TPSA) is 9.23 Å². The summed E-state index contributed by atoms with van der Waals surface area (Å²) in [4.78, 5) is 0. The van der Waals surface area contributed by atoms with Gasteiger partial charge in [0.25, 0.3) is 11.8 Å². The average molecular weight is 302 g/mol. The van der Waals surface area contributed by atoms with Gasteiger partial charge in [0.15, 0.2) is 0 Å². The van der Waals surface area contributed by atoms with Crippen molar-refractivity contribution in [2.75, 3.05) is 0 Å². The van der Waals surface area contributed by atoms with E-state index in [0.29, 0.717) is 0 Å². The number of hydrogen-bond acceptors (Lipinski definition) is 1. The van der Waals surface area contributed by atoms with Crippen LogP contribution in [0.4, 0.5) is 35.1 Å². The van der Waals surface area contributed by atoms with Crippen molar-refractivity contribution in [3.05, 3.63) is 0 Å². The van der Waals surface area contributed by atoms with Gasteiger partial charge in [-0.1, -0.05) is 0 Å². The Morgan fingerprint density at radius 1 is 0.737 bits per heavy atom. The van der Waals surface area contributed by atoms with Crippen LogP contribution in [-0.2, 0) is 4.74 Å². The molecule has 116 valence electrons. The molecule has 0 rings (SSSR count). The molecule has 0 aromatic carbocycles. The zero-order valence-electron chi connectivity index (χ0n) is 10.2. The summed E-state index contributed by atoms with van der Waals surface area (Å²) in [6, 6.07) is 0. The molecule has 0 bridgehead atoms. The van der Waals surface area contributed by atoms with Gasteiger partial charge in [-0.05, 0) is 0 Å². The fourth-order valence-corrected chi connectivity index (χ4v) is 1.29. The SMILES string of the molecule is CC(F)(F)C(CC(F)F)OC(CC(F)F)C(C)(F)F. The lowest BCUT2D eigenvalue weighted by Crippen LogP contribution is -2.44. The number of halogens is 8. The van der Waals surface area contributed by atoms with E-state index in [1.165, 1.54) is 0 Å². The normalized spacial score (nSPS) is 17.1. The summed E-state index contributed by atoms with van der Waals surface area (Å²) >= 11 is 0. The van der Waals surface area contributed by atoms with E-state index in [1.54, 1.807) is 0 Å². The van der Waals surface area contributed by atoms with Crippen LogP contribution in [0.3, 0.4) is 0 Å². The molecule has 2 unspecified atom stereocenters. The quantitative estimate of drug-likeness (QED) is 0.605. The summed E-state index contributed by atoms with van der Waals surface area (Å²) in [6.07, 6.45) is -14.6. The highest BCUT2D eigenvalue weighted by atomic mass is 19.3. The Kier molecular flexibility index (Phi) is 6.50. The Morgan fingerprint density at radius 3 is 1.16 bits per heavy atom. The van der Waals surface area contributed by atoms with Crippen LogP contribution in [0.25, 0.3) is 0 Å². The molecule has 0 fully saturated rings. The summed E-state index contributed by atoms with van der Waals surface area (Å²) in [5.41, 5.74) is 0. The Bertz CT molecular complexity index is 231. The maximum atomic E-state index is 12.9. The molecule has 1 nitrogen and oxygen atoms in total. The molecule has 0 spiro atoms. The summed E-state index contributed by atoms with van der Waals surface area (Å²) < 4.78 is 104. The number of hydrogen-bond donors (Lipinski definition) is 0. The minimum absolute atomic E-state index is 0.202. The first-order valence-electron chi connectivity index (χ1n) is 5.31. The van der Waals surface area contributed by atoms with E-state index < -0.39 is 49.7 Å². The summed E-state index contributed by atoms with van der Waals surface area (Å²) in [5.74, 6) is -7.69. The minimum atomic E-state index is -3.85. The number of alkyl halides is 8. The molecule has 9 heteroatoms. The third kappa shape index (κ3) is 7.54. The lowest BCUT2D eigenvalue weighted by atomic mass is 10.1. The van der Waals surface area contributed by atoms with E-state index in [9.17, 15) is 35.1 Å². The van der Waals surface area contributed by atoms with Crippen molar-refractivity contribution in [3.63, 3.8) is 0 Å². The molecule has 0 aliphatic rings. The smallest absolute Gasteiger partial charge is 0.271 e. The van der Waals surface area contributed by atoms with Crippen molar-refractivity contribution < 1.29 is 39.9 Å². The lowest BCUT2D eigenvalue weighted by Gasteiger charge is -2.31. The highest BCUT2D eigenvalue weighted by Gasteiger charge is 2.45. The Hall–Kier alpha value is -0.600. The van der Waals surface area contributed by atoms with E-state index >= 15 is 0 Å².